The quantitative estimate of drug-likeness (QED) is 0.862. The molecule has 1 aliphatic rings. The smallest absolute Gasteiger partial charge is 0.335 e. The van der Waals surface area contributed by atoms with E-state index < -0.39 is 5.97 Å². The maximum absolute atomic E-state index is 12.2. The molecule has 0 aliphatic carbocycles. The molecular formula is C14H13N3O3. The van der Waals surface area contributed by atoms with Crippen molar-refractivity contribution in [1.82, 2.24) is 15.1 Å². The van der Waals surface area contributed by atoms with E-state index in [1.807, 2.05) is 6.07 Å². The van der Waals surface area contributed by atoms with E-state index in [-0.39, 0.29) is 11.5 Å². The van der Waals surface area contributed by atoms with Gasteiger partial charge in [0.2, 0.25) is 0 Å². The van der Waals surface area contributed by atoms with Crippen molar-refractivity contribution in [3.63, 3.8) is 0 Å². The van der Waals surface area contributed by atoms with Gasteiger partial charge >= 0.3 is 5.97 Å². The highest BCUT2D eigenvalue weighted by Crippen LogP contribution is 2.21. The standard InChI is InChI=1S/C14H13N3O3/c18-13(12-6-15-16-7-12)17-4-3-9-1-2-10(14(19)20)5-11(9)8-17/h1-2,5-7H,3-4,8H2,(H,15,16)(H,19,20). The fraction of sp³-hybridized carbons (Fsp3) is 0.214. The Balaban J connectivity index is 1.85. The van der Waals surface area contributed by atoms with Crippen LogP contribution in [0.1, 0.15) is 31.8 Å². The number of aromatic carboxylic acids is 1. The second-order valence-electron chi connectivity index (χ2n) is 4.75. The van der Waals surface area contributed by atoms with Crippen LogP contribution in [0.3, 0.4) is 0 Å². The minimum absolute atomic E-state index is 0.0925. The number of hydrogen-bond donors (Lipinski definition) is 2. The van der Waals surface area contributed by atoms with Crippen molar-refractivity contribution < 1.29 is 14.7 Å². The van der Waals surface area contributed by atoms with Crippen LogP contribution in [0.5, 0.6) is 0 Å². The van der Waals surface area contributed by atoms with Gasteiger partial charge < -0.3 is 10.0 Å². The van der Waals surface area contributed by atoms with Gasteiger partial charge in [-0.3, -0.25) is 9.89 Å². The summed E-state index contributed by atoms with van der Waals surface area (Å²) in [4.78, 5) is 24.9. The summed E-state index contributed by atoms with van der Waals surface area (Å²) < 4.78 is 0. The molecule has 1 aromatic carbocycles. The number of nitrogens with one attached hydrogen (secondary N) is 1. The Morgan fingerprint density at radius 3 is 2.80 bits per heavy atom. The number of carbonyl (C=O) groups is 2. The predicted molar refractivity (Wildman–Crippen MR) is 70.4 cm³/mol. The average Bonchev–Trinajstić information content (AvgIpc) is 2.99. The van der Waals surface area contributed by atoms with E-state index in [0.29, 0.717) is 18.7 Å². The Hall–Kier alpha value is -2.63. The van der Waals surface area contributed by atoms with Crippen LogP contribution in [-0.2, 0) is 13.0 Å². The van der Waals surface area contributed by atoms with Crippen LogP contribution in [0.4, 0.5) is 0 Å². The molecule has 102 valence electrons. The lowest BCUT2D eigenvalue weighted by Crippen LogP contribution is -2.35. The highest BCUT2D eigenvalue weighted by molar-refractivity contribution is 5.94. The molecule has 0 unspecified atom stereocenters. The highest BCUT2D eigenvalue weighted by atomic mass is 16.4. The van der Waals surface area contributed by atoms with Crippen molar-refractivity contribution in [2.75, 3.05) is 6.54 Å². The molecule has 0 saturated heterocycles. The largest absolute Gasteiger partial charge is 0.478 e. The predicted octanol–water partition coefficient (Wildman–Crippen LogP) is 1.31. The number of rotatable bonds is 2. The van der Waals surface area contributed by atoms with Crippen LogP contribution in [-0.4, -0.2) is 38.6 Å². The van der Waals surface area contributed by atoms with Crippen molar-refractivity contribution >= 4 is 11.9 Å². The van der Waals surface area contributed by atoms with Crippen molar-refractivity contribution in [3.05, 3.63) is 52.8 Å². The molecule has 20 heavy (non-hydrogen) atoms. The fourth-order valence-corrected chi connectivity index (χ4v) is 2.41. The van der Waals surface area contributed by atoms with E-state index in [9.17, 15) is 9.59 Å². The van der Waals surface area contributed by atoms with E-state index in [4.69, 9.17) is 5.11 Å². The van der Waals surface area contributed by atoms with Crippen molar-refractivity contribution in [2.24, 2.45) is 0 Å². The monoisotopic (exact) mass is 271 g/mol. The Kier molecular flexibility index (Phi) is 2.98. The van der Waals surface area contributed by atoms with Gasteiger partial charge in [-0.05, 0) is 29.7 Å². The third kappa shape index (κ3) is 2.16. The molecule has 2 heterocycles. The molecule has 2 N–H and O–H groups in total. The number of benzene rings is 1. The summed E-state index contributed by atoms with van der Waals surface area (Å²) >= 11 is 0. The molecule has 6 nitrogen and oxygen atoms in total. The molecular weight excluding hydrogens is 258 g/mol. The number of fused-ring (bicyclic) bond motifs is 1. The van der Waals surface area contributed by atoms with Gasteiger partial charge in [-0.2, -0.15) is 5.10 Å². The third-order valence-corrected chi connectivity index (χ3v) is 3.50. The first kappa shape index (κ1) is 12.4. The number of carboxylic acid groups (broad SMARTS) is 1. The number of carbonyl (C=O) groups excluding carboxylic acids is 1. The fourth-order valence-electron chi connectivity index (χ4n) is 2.41. The maximum Gasteiger partial charge on any atom is 0.335 e. The Bertz CT molecular complexity index is 664. The van der Waals surface area contributed by atoms with Crippen LogP contribution in [0, 0.1) is 0 Å². The van der Waals surface area contributed by atoms with E-state index in [0.717, 1.165) is 17.5 Å². The van der Waals surface area contributed by atoms with Gasteiger partial charge in [0.1, 0.15) is 0 Å². The van der Waals surface area contributed by atoms with Gasteiger partial charge in [0, 0.05) is 19.3 Å². The van der Waals surface area contributed by atoms with E-state index in [1.54, 1.807) is 23.2 Å². The molecule has 6 heteroatoms. The number of nitrogens with zero attached hydrogens (tertiary/aromatic N) is 2. The zero-order valence-corrected chi connectivity index (χ0v) is 10.7. The minimum atomic E-state index is -0.953. The van der Waals surface area contributed by atoms with Crippen molar-refractivity contribution in [1.29, 1.82) is 0 Å². The molecule has 2 aromatic rings. The van der Waals surface area contributed by atoms with Gasteiger partial charge in [0.25, 0.3) is 5.91 Å². The first-order valence-electron chi connectivity index (χ1n) is 6.28. The molecule has 3 rings (SSSR count). The molecule has 0 fully saturated rings. The average molecular weight is 271 g/mol. The Morgan fingerprint density at radius 1 is 1.25 bits per heavy atom. The first-order chi connectivity index (χ1) is 9.65. The molecule has 1 aromatic heterocycles. The molecule has 0 atom stereocenters. The number of aromatic amines is 1. The van der Waals surface area contributed by atoms with Gasteiger partial charge in [-0.25, -0.2) is 4.79 Å². The summed E-state index contributed by atoms with van der Waals surface area (Å²) in [6.45, 7) is 1.06. The van der Waals surface area contributed by atoms with Crippen LogP contribution in [0.15, 0.2) is 30.6 Å². The molecule has 1 aliphatic heterocycles. The number of amides is 1. The lowest BCUT2D eigenvalue weighted by molar-refractivity contribution is 0.0696. The normalized spacial score (nSPS) is 13.9. The zero-order chi connectivity index (χ0) is 14.1. The summed E-state index contributed by atoms with van der Waals surface area (Å²) in [6.07, 6.45) is 3.79. The highest BCUT2D eigenvalue weighted by Gasteiger charge is 2.23. The number of aromatic nitrogens is 2. The number of H-pyrrole nitrogens is 1. The summed E-state index contributed by atoms with van der Waals surface area (Å²) in [7, 11) is 0. The lowest BCUT2D eigenvalue weighted by Gasteiger charge is -2.28. The minimum Gasteiger partial charge on any atom is -0.478 e. The molecule has 0 bridgehead atoms. The molecule has 0 radical (unpaired) electrons. The van der Waals surface area contributed by atoms with Crippen LogP contribution in [0.25, 0.3) is 0 Å². The molecule has 0 saturated carbocycles. The SMILES string of the molecule is O=C(O)c1ccc2c(c1)CN(C(=O)c1cn[nH]c1)CC2. The van der Waals surface area contributed by atoms with Crippen molar-refractivity contribution in [3.8, 4) is 0 Å². The second kappa shape index (κ2) is 4.80. The second-order valence-corrected chi connectivity index (χ2v) is 4.75. The summed E-state index contributed by atoms with van der Waals surface area (Å²) in [5.74, 6) is -1.05. The van der Waals surface area contributed by atoms with Crippen molar-refractivity contribution in [2.45, 2.75) is 13.0 Å². The van der Waals surface area contributed by atoms with Gasteiger partial charge in [-0.1, -0.05) is 6.07 Å². The number of carboxylic acids is 1. The first-order valence-corrected chi connectivity index (χ1v) is 6.28. The van der Waals surface area contributed by atoms with Crippen LogP contribution >= 0.6 is 0 Å². The number of hydrogen-bond acceptors (Lipinski definition) is 3. The Labute approximate surface area is 115 Å². The van der Waals surface area contributed by atoms with E-state index in [1.165, 1.54) is 6.20 Å². The topological polar surface area (TPSA) is 86.3 Å². The maximum atomic E-state index is 12.2. The van der Waals surface area contributed by atoms with Gasteiger partial charge in [0.05, 0.1) is 17.3 Å². The zero-order valence-electron chi connectivity index (χ0n) is 10.7. The summed E-state index contributed by atoms with van der Waals surface area (Å²) in [6, 6.07) is 5.08. The summed E-state index contributed by atoms with van der Waals surface area (Å²) in [5, 5.41) is 15.4. The van der Waals surface area contributed by atoms with Gasteiger partial charge in [0.15, 0.2) is 0 Å². The van der Waals surface area contributed by atoms with Gasteiger partial charge in [-0.15, -0.1) is 0 Å². The lowest BCUT2D eigenvalue weighted by atomic mass is 9.97. The van der Waals surface area contributed by atoms with Crippen LogP contribution < -0.4 is 0 Å². The molecule has 1 amide bonds. The van der Waals surface area contributed by atoms with E-state index >= 15 is 0 Å². The van der Waals surface area contributed by atoms with Crippen LogP contribution in [0.2, 0.25) is 0 Å². The van der Waals surface area contributed by atoms with E-state index in [2.05, 4.69) is 10.2 Å². The third-order valence-electron chi connectivity index (χ3n) is 3.50. The summed E-state index contributed by atoms with van der Waals surface area (Å²) in [5.41, 5.74) is 2.77. The Morgan fingerprint density at radius 2 is 2.10 bits per heavy atom. The molecule has 0 spiro atoms.